The summed E-state index contributed by atoms with van der Waals surface area (Å²) < 4.78 is 51.7. The van der Waals surface area contributed by atoms with Crippen LogP contribution in [-0.2, 0) is 35.6 Å². The number of hydrogen-bond donors (Lipinski definition) is 2. The number of carbonyl (C=O) groups is 2. The molecule has 2 fully saturated rings. The Hall–Kier alpha value is -4.95. The van der Waals surface area contributed by atoms with Gasteiger partial charge in [0.1, 0.15) is 18.0 Å². The first-order valence-corrected chi connectivity index (χ1v) is 24.5. The molecule has 1 aliphatic carbocycles. The SMILES string of the molecule is CCC(C)(CCOC(C)(C)CCNS(=O)(=O)c1ccc([N+](=O)[O-])cc1)OCCN1C(=O)OCc2cnc(N[C@@H](C)c3ccc([C@H](CC4CC4)N4CCN(C(=O)OC(C)(C)C)CC4)cc3)nc21. The molecular weight excluding hydrogens is 869 g/mol. The van der Waals surface area contributed by atoms with Crippen LogP contribution in [0.3, 0.4) is 0 Å². The van der Waals surface area contributed by atoms with Gasteiger partial charge in [0.15, 0.2) is 0 Å². The molecular formula is C47H68N8O10S. The Labute approximate surface area is 389 Å². The molecule has 2 N–H and O–H groups in total. The van der Waals surface area contributed by atoms with E-state index in [1.165, 1.54) is 35.4 Å². The maximum Gasteiger partial charge on any atom is 0.415 e. The van der Waals surface area contributed by atoms with Crippen LogP contribution in [0, 0.1) is 16.0 Å². The second kappa shape index (κ2) is 21.3. The fraction of sp³-hybridized carbons (Fsp3) is 0.617. The highest BCUT2D eigenvalue weighted by Crippen LogP contribution is 2.41. The largest absolute Gasteiger partial charge is 0.444 e. The summed E-state index contributed by atoms with van der Waals surface area (Å²) in [5.41, 5.74) is 1.08. The number of piperazine rings is 1. The number of nitro groups is 1. The van der Waals surface area contributed by atoms with Crippen LogP contribution in [-0.4, -0.2) is 115 Å². The second-order valence-corrected chi connectivity index (χ2v) is 21.2. The number of nitrogens with one attached hydrogen (secondary N) is 2. The summed E-state index contributed by atoms with van der Waals surface area (Å²) >= 11 is 0. The molecule has 1 aromatic heterocycles. The van der Waals surface area contributed by atoms with Crippen molar-refractivity contribution in [3.8, 4) is 0 Å². The minimum atomic E-state index is -3.86. The summed E-state index contributed by atoms with van der Waals surface area (Å²) in [5.74, 6) is 1.59. The molecule has 3 aromatic rings. The molecule has 66 heavy (non-hydrogen) atoms. The van der Waals surface area contributed by atoms with E-state index in [4.69, 9.17) is 23.9 Å². The third kappa shape index (κ3) is 14.0. The first kappa shape index (κ1) is 50.5. The summed E-state index contributed by atoms with van der Waals surface area (Å²) in [5, 5.41) is 14.4. The molecule has 3 heterocycles. The van der Waals surface area contributed by atoms with Crippen LogP contribution in [0.2, 0.25) is 0 Å². The highest BCUT2D eigenvalue weighted by Gasteiger charge is 2.34. The molecule has 3 atom stereocenters. The van der Waals surface area contributed by atoms with Gasteiger partial charge in [0.05, 0.1) is 52.4 Å². The summed E-state index contributed by atoms with van der Waals surface area (Å²) in [6, 6.07) is 13.6. The summed E-state index contributed by atoms with van der Waals surface area (Å²) in [4.78, 5) is 51.3. The number of nitrogens with zero attached hydrogens (tertiary/aromatic N) is 6. The van der Waals surface area contributed by atoms with Crippen LogP contribution in [0.5, 0.6) is 0 Å². The average Bonchev–Trinajstić information content (AvgIpc) is 4.10. The van der Waals surface area contributed by atoms with Gasteiger partial charge in [-0.2, -0.15) is 4.98 Å². The molecule has 362 valence electrons. The lowest BCUT2D eigenvalue weighted by Gasteiger charge is -2.40. The smallest absolute Gasteiger partial charge is 0.415 e. The van der Waals surface area contributed by atoms with Crippen LogP contribution < -0.4 is 14.9 Å². The molecule has 2 amide bonds. The number of hydrogen-bond acceptors (Lipinski definition) is 14. The van der Waals surface area contributed by atoms with E-state index in [-0.39, 0.29) is 55.1 Å². The Morgan fingerprint density at radius 2 is 1.62 bits per heavy atom. The number of benzene rings is 2. The van der Waals surface area contributed by atoms with E-state index in [1.807, 2.05) is 53.4 Å². The molecule has 1 saturated heterocycles. The van der Waals surface area contributed by atoms with E-state index in [0.29, 0.717) is 56.3 Å². The Balaban J connectivity index is 0.985. The Kier molecular flexibility index (Phi) is 16.3. The summed E-state index contributed by atoms with van der Waals surface area (Å²) in [6.07, 6.45) is 6.15. The Morgan fingerprint density at radius 1 is 0.955 bits per heavy atom. The molecule has 1 unspecified atom stereocenters. The molecule has 18 nitrogen and oxygen atoms in total. The molecule has 2 aromatic carbocycles. The van der Waals surface area contributed by atoms with Crippen molar-refractivity contribution in [1.29, 1.82) is 0 Å². The van der Waals surface area contributed by atoms with Crippen molar-refractivity contribution in [3.63, 3.8) is 0 Å². The van der Waals surface area contributed by atoms with Crippen LogP contribution in [0.15, 0.2) is 59.6 Å². The maximum atomic E-state index is 13.1. The van der Waals surface area contributed by atoms with Gasteiger partial charge in [0, 0.05) is 57.1 Å². The van der Waals surface area contributed by atoms with E-state index < -0.39 is 37.8 Å². The number of cyclic esters (lactones) is 1. The van der Waals surface area contributed by atoms with Crippen LogP contribution in [0.25, 0.3) is 0 Å². The van der Waals surface area contributed by atoms with Gasteiger partial charge in [0.25, 0.3) is 5.69 Å². The first-order valence-electron chi connectivity index (χ1n) is 23.0. The minimum Gasteiger partial charge on any atom is -0.444 e. The van der Waals surface area contributed by atoms with Crippen molar-refractivity contribution in [2.75, 3.05) is 62.7 Å². The van der Waals surface area contributed by atoms with Gasteiger partial charge in [-0.25, -0.2) is 27.7 Å². The van der Waals surface area contributed by atoms with E-state index in [2.05, 4.69) is 51.1 Å². The predicted molar refractivity (Wildman–Crippen MR) is 250 cm³/mol. The monoisotopic (exact) mass is 936 g/mol. The number of carbonyl (C=O) groups excluding carboxylic acids is 2. The van der Waals surface area contributed by atoms with Gasteiger partial charge in [-0.05, 0) is 103 Å². The highest BCUT2D eigenvalue weighted by molar-refractivity contribution is 7.89. The molecule has 19 heteroatoms. The third-order valence-corrected chi connectivity index (χ3v) is 14.0. The number of non-ortho nitro benzene ring substituents is 1. The van der Waals surface area contributed by atoms with Crippen molar-refractivity contribution in [3.05, 3.63) is 81.5 Å². The first-order chi connectivity index (χ1) is 31.1. The van der Waals surface area contributed by atoms with E-state index in [1.54, 1.807) is 6.20 Å². The number of anilines is 2. The van der Waals surface area contributed by atoms with Crippen LogP contribution in [0.4, 0.5) is 27.0 Å². The molecule has 0 spiro atoms. The molecule has 0 radical (unpaired) electrons. The topological polar surface area (TPSA) is 208 Å². The predicted octanol–water partition coefficient (Wildman–Crippen LogP) is 8.15. The van der Waals surface area contributed by atoms with Crippen LogP contribution >= 0.6 is 0 Å². The van der Waals surface area contributed by atoms with Crippen LogP contribution in [0.1, 0.15) is 123 Å². The van der Waals surface area contributed by atoms with Crippen molar-refractivity contribution in [2.24, 2.45) is 5.92 Å². The molecule has 1 saturated carbocycles. The summed E-state index contributed by atoms with van der Waals surface area (Å²) in [6.45, 7) is 19.3. The lowest BCUT2D eigenvalue weighted by Crippen LogP contribution is -2.50. The number of aromatic nitrogens is 2. The molecule has 6 rings (SSSR count). The zero-order chi connectivity index (χ0) is 47.9. The van der Waals surface area contributed by atoms with E-state index in [9.17, 15) is 28.1 Å². The zero-order valence-electron chi connectivity index (χ0n) is 39.7. The quantitative estimate of drug-likeness (QED) is 0.0720. The van der Waals surface area contributed by atoms with Crippen molar-refractivity contribution in [2.45, 2.75) is 134 Å². The number of amides is 2. The minimum absolute atomic E-state index is 0.0559. The number of fused-ring (bicyclic) bond motifs is 1. The number of ether oxygens (including phenoxy) is 4. The fourth-order valence-corrected chi connectivity index (χ4v) is 8.99. The van der Waals surface area contributed by atoms with Crippen molar-refractivity contribution >= 4 is 39.7 Å². The summed E-state index contributed by atoms with van der Waals surface area (Å²) in [7, 11) is -3.86. The zero-order valence-corrected chi connectivity index (χ0v) is 40.5. The maximum absolute atomic E-state index is 13.1. The number of nitro benzene ring substituents is 1. The molecule has 2 aliphatic heterocycles. The van der Waals surface area contributed by atoms with Gasteiger partial charge in [-0.15, -0.1) is 0 Å². The lowest BCUT2D eigenvalue weighted by atomic mass is 9.96. The van der Waals surface area contributed by atoms with E-state index >= 15 is 0 Å². The van der Waals surface area contributed by atoms with Crippen molar-refractivity contribution in [1.82, 2.24) is 24.5 Å². The molecule has 3 aliphatic rings. The van der Waals surface area contributed by atoms with E-state index in [0.717, 1.165) is 43.1 Å². The standard InChI is InChI=1S/C47H68N8O10S/c1-9-47(8,21-28-63-46(6,7)20-22-49-66(60,61)39-18-16-38(17-19-39)55(58)59)64-29-27-54-41-37(32-62-44(54)57)31-48-42(51-41)50-33(2)35-12-14-36(15-13-35)40(30-34-10-11-34)52-23-25-53(26-24-52)43(56)65-45(3,4)5/h12-19,31,33-34,40,49H,9-11,20-30,32H2,1-8H3,(H,48,50,51)/t33-,40-,47?/m0/s1. The fourth-order valence-electron chi connectivity index (χ4n) is 7.96. The van der Waals surface area contributed by atoms with Crippen molar-refractivity contribution < 1.29 is 41.9 Å². The Morgan fingerprint density at radius 3 is 2.24 bits per heavy atom. The highest BCUT2D eigenvalue weighted by atomic mass is 32.2. The number of rotatable bonds is 22. The second-order valence-electron chi connectivity index (χ2n) is 19.4. The van der Waals surface area contributed by atoms with Gasteiger partial charge in [0.2, 0.25) is 16.0 Å². The van der Waals surface area contributed by atoms with Gasteiger partial charge in [-0.1, -0.05) is 44.0 Å². The molecule has 0 bridgehead atoms. The third-order valence-electron chi connectivity index (χ3n) is 12.5. The average molecular weight is 937 g/mol. The number of sulfonamides is 1. The van der Waals surface area contributed by atoms with Gasteiger partial charge >= 0.3 is 12.2 Å². The van der Waals surface area contributed by atoms with Gasteiger partial charge < -0.3 is 29.2 Å². The van der Waals surface area contributed by atoms with Gasteiger partial charge in [-0.3, -0.25) is 19.9 Å². The normalized spacial score (nSPS) is 17.9. The lowest BCUT2D eigenvalue weighted by molar-refractivity contribution is -0.384. The Bertz CT molecular complexity index is 2240.